The lowest BCUT2D eigenvalue weighted by molar-refractivity contribution is -0.142. The highest BCUT2D eigenvalue weighted by Crippen LogP contribution is 2.26. The molecule has 0 aliphatic carbocycles. The molecule has 3 rings (SSSR count). The van der Waals surface area contributed by atoms with Crippen LogP contribution in [0.4, 0.5) is 4.79 Å². The molecule has 0 radical (unpaired) electrons. The van der Waals surface area contributed by atoms with Crippen LogP contribution in [0.2, 0.25) is 0 Å². The highest BCUT2D eigenvalue weighted by Gasteiger charge is 2.42. The zero-order chi connectivity index (χ0) is 23.3. The standard InChI is InChI=1S/C24H27NO7/c1-24(2,3)32-23(29)25-14-19(13-20(25)21(26)27)31-18-11-9-17(10-12-18)22(28)30-15-16-7-5-4-6-8-16/h4-12,19-20H,13-15H2,1-3H3,(H,26,27). The first-order valence-corrected chi connectivity index (χ1v) is 10.3. The van der Waals surface area contributed by atoms with Crippen molar-refractivity contribution in [3.05, 3.63) is 65.7 Å². The third-order valence-corrected chi connectivity index (χ3v) is 4.78. The van der Waals surface area contributed by atoms with Crippen LogP contribution in [0.1, 0.15) is 43.1 Å². The van der Waals surface area contributed by atoms with Crippen molar-refractivity contribution in [2.24, 2.45) is 0 Å². The Hall–Kier alpha value is -3.55. The van der Waals surface area contributed by atoms with Crippen LogP contribution >= 0.6 is 0 Å². The lowest BCUT2D eigenvalue weighted by Gasteiger charge is -2.26. The van der Waals surface area contributed by atoms with Gasteiger partial charge in [0.05, 0.1) is 12.1 Å². The number of carbonyl (C=O) groups is 3. The maximum atomic E-state index is 12.4. The fourth-order valence-electron chi connectivity index (χ4n) is 3.31. The van der Waals surface area contributed by atoms with Gasteiger partial charge in [0, 0.05) is 6.42 Å². The second-order valence-corrected chi connectivity index (χ2v) is 8.55. The number of benzene rings is 2. The van der Waals surface area contributed by atoms with E-state index in [2.05, 4.69) is 0 Å². The molecule has 32 heavy (non-hydrogen) atoms. The molecule has 1 fully saturated rings. The summed E-state index contributed by atoms with van der Waals surface area (Å²) >= 11 is 0. The molecule has 1 heterocycles. The molecular formula is C24H27NO7. The van der Waals surface area contributed by atoms with Crippen molar-refractivity contribution in [2.75, 3.05) is 6.54 Å². The topological polar surface area (TPSA) is 102 Å². The number of hydrogen-bond acceptors (Lipinski definition) is 6. The number of amides is 1. The first-order valence-electron chi connectivity index (χ1n) is 10.3. The summed E-state index contributed by atoms with van der Waals surface area (Å²) in [5, 5.41) is 9.49. The van der Waals surface area contributed by atoms with Crippen LogP contribution in [0, 0.1) is 0 Å². The van der Waals surface area contributed by atoms with E-state index < -0.39 is 35.8 Å². The molecule has 2 aromatic carbocycles. The van der Waals surface area contributed by atoms with E-state index in [1.807, 2.05) is 30.3 Å². The molecule has 0 spiro atoms. The van der Waals surface area contributed by atoms with Gasteiger partial charge < -0.3 is 19.3 Å². The number of rotatable bonds is 6. The number of carboxylic acid groups (broad SMARTS) is 1. The summed E-state index contributed by atoms with van der Waals surface area (Å²) in [5.41, 5.74) is 0.535. The summed E-state index contributed by atoms with van der Waals surface area (Å²) in [6, 6.07) is 14.7. The number of hydrogen-bond donors (Lipinski definition) is 1. The SMILES string of the molecule is CC(C)(C)OC(=O)N1CC(Oc2ccc(C(=O)OCc3ccccc3)cc2)CC1C(=O)O. The second kappa shape index (κ2) is 9.72. The molecule has 1 saturated heterocycles. The van der Waals surface area contributed by atoms with Gasteiger partial charge in [-0.15, -0.1) is 0 Å². The van der Waals surface area contributed by atoms with Crippen molar-refractivity contribution in [1.29, 1.82) is 0 Å². The maximum Gasteiger partial charge on any atom is 0.411 e. The highest BCUT2D eigenvalue weighted by atomic mass is 16.6. The van der Waals surface area contributed by atoms with Gasteiger partial charge >= 0.3 is 18.0 Å². The van der Waals surface area contributed by atoms with Crippen LogP contribution < -0.4 is 4.74 Å². The Labute approximate surface area is 186 Å². The van der Waals surface area contributed by atoms with Crippen molar-refractivity contribution < 1.29 is 33.7 Å². The van der Waals surface area contributed by atoms with Crippen LogP contribution in [0.15, 0.2) is 54.6 Å². The van der Waals surface area contributed by atoms with E-state index in [0.717, 1.165) is 5.56 Å². The predicted molar refractivity (Wildman–Crippen MR) is 115 cm³/mol. The maximum absolute atomic E-state index is 12.4. The fraction of sp³-hybridized carbons (Fsp3) is 0.375. The molecule has 1 amide bonds. The summed E-state index contributed by atoms with van der Waals surface area (Å²) in [5.74, 6) is -1.11. The third-order valence-electron chi connectivity index (χ3n) is 4.78. The quantitative estimate of drug-likeness (QED) is 0.679. The lowest BCUT2D eigenvalue weighted by Crippen LogP contribution is -2.43. The molecule has 0 bridgehead atoms. The van der Waals surface area contributed by atoms with Crippen LogP contribution in [-0.2, 0) is 20.9 Å². The summed E-state index contributed by atoms with van der Waals surface area (Å²) in [7, 11) is 0. The molecule has 1 N–H and O–H groups in total. The van der Waals surface area contributed by atoms with Crippen molar-refractivity contribution >= 4 is 18.0 Å². The van der Waals surface area contributed by atoms with Gasteiger partial charge in [0.2, 0.25) is 0 Å². The minimum atomic E-state index is -1.11. The summed E-state index contributed by atoms with van der Waals surface area (Å²) in [6.07, 6.45) is -1.07. The van der Waals surface area contributed by atoms with E-state index in [1.54, 1.807) is 45.0 Å². The molecule has 2 unspecified atom stereocenters. The second-order valence-electron chi connectivity index (χ2n) is 8.55. The zero-order valence-electron chi connectivity index (χ0n) is 18.3. The Morgan fingerprint density at radius 3 is 2.28 bits per heavy atom. The van der Waals surface area contributed by atoms with E-state index in [0.29, 0.717) is 11.3 Å². The lowest BCUT2D eigenvalue weighted by atomic mass is 10.2. The van der Waals surface area contributed by atoms with Gasteiger partial charge in [-0.05, 0) is 50.6 Å². The number of carboxylic acids is 1. The van der Waals surface area contributed by atoms with Gasteiger partial charge in [-0.2, -0.15) is 0 Å². The molecule has 170 valence electrons. The summed E-state index contributed by atoms with van der Waals surface area (Å²) < 4.78 is 16.5. The Morgan fingerprint density at radius 2 is 1.69 bits per heavy atom. The number of nitrogens with zero attached hydrogens (tertiary/aromatic N) is 1. The van der Waals surface area contributed by atoms with Crippen molar-refractivity contribution in [2.45, 2.75) is 51.5 Å². The Bertz CT molecular complexity index is 951. The minimum absolute atomic E-state index is 0.0900. The average molecular weight is 441 g/mol. The predicted octanol–water partition coefficient (Wildman–Crippen LogP) is 3.89. The Kier molecular flexibility index (Phi) is 7.02. The van der Waals surface area contributed by atoms with Crippen molar-refractivity contribution in [1.82, 2.24) is 4.90 Å². The van der Waals surface area contributed by atoms with E-state index >= 15 is 0 Å². The third kappa shape index (κ3) is 6.23. The van der Waals surface area contributed by atoms with Crippen molar-refractivity contribution in [3.8, 4) is 5.75 Å². The fourth-order valence-corrected chi connectivity index (χ4v) is 3.31. The number of ether oxygens (including phenoxy) is 3. The molecule has 1 aliphatic rings. The summed E-state index contributed by atoms with van der Waals surface area (Å²) in [6.45, 7) is 5.43. The zero-order valence-corrected chi connectivity index (χ0v) is 18.3. The van der Waals surface area contributed by atoms with E-state index in [-0.39, 0.29) is 19.6 Å². The molecule has 8 nitrogen and oxygen atoms in total. The van der Waals surface area contributed by atoms with E-state index in [9.17, 15) is 19.5 Å². The molecule has 2 atom stereocenters. The number of likely N-dealkylation sites (tertiary alicyclic amines) is 1. The van der Waals surface area contributed by atoms with Crippen LogP contribution in [0.25, 0.3) is 0 Å². The Morgan fingerprint density at radius 1 is 1.03 bits per heavy atom. The summed E-state index contributed by atoms with van der Waals surface area (Å²) in [4.78, 5) is 37.4. The number of carbonyl (C=O) groups excluding carboxylic acids is 2. The molecular weight excluding hydrogens is 414 g/mol. The molecule has 0 aromatic heterocycles. The minimum Gasteiger partial charge on any atom is -0.488 e. The smallest absolute Gasteiger partial charge is 0.411 e. The van der Waals surface area contributed by atoms with Crippen LogP contribution in [0.3, 0.4) is 0 Å². The van der Waals surface area contributed by atoms with Gasteiger partial charge in [0.15, 0.2) is 0 Å². The number of esters is 1. The van der Waals surface area contributed by atoms with Gasteiger partial charge in [-0.25, -0.2) is 14.4 Å². The Balaban J connectivity index is 1.58. The monoisotopic (exact) mass is 441 g/mol. The van der Waals surface area contributed by atoms with Crippen molar-refractivity contribution in [3.63, 3.8) is 0 Å². The van der Waals surface area contributed by atoms with Gasteiger partial charge in [0.1, 0.15) is 30.1 Å². The first kappa shape index (κ1) is 23.1. The first-order chi connectivity index (χ1) is 15.1. The van der Waals surface area contributed by atoms with Gasteiger partial charge in [0.25, 0.3) is 0 Å². The normalized spacial score (nSPS) is 18.2. The molecule has 1 aliphatic heterocycles. The van der Waals surface area contributed by atoms with Crippen LogP contribution in [0.5, 0.6) is 5.75 Å². The van der Waals surface area contributed by atoms with E-state index in [1.165, 1.54) is 4.90 Å². The van der Waals surface area contributed by atoms with E-state index in [4.69, 9.17) is 14.2 Å². The van der Waals surface area contributed by atoms with Gasteiger partial charge in [-0.1, -0.05) is 30.3 Å². The highest BCUT2D eigenvalue weighted by molar-refractivity contribution is 5.89. The number of aliphatic carboxylic acids is 1. The molecule has 8 heteroatoms. The largest absolute Gasteiger partial charge is 0.488 e. The van der Waals surface area contributed by atoms with Crippen LogP contribution in [-0.4, -0.2) is 52.3 Å². The molecule has 0 saturated carbocycles. The van der Waals surface area contributed by atoms with Gasteiger partial charge in [-0.3, -0.25) is 4.90 Å². The molecule has 2 aromatic rings. The average Bonchev–Trinajstić information content (AvgIpc) is 3.16.